The maximum atomic E-state index is 14.1. The van der Waals surface area contributed by atoms with Crippen LogP contribution in [-0.2, 0) is 34.5 Å². The van der Waals surface area contributed by atoms with E-state index in [4.69, 9.17) is 27.8 Å². The van der Waals surface area contributed by atoms with Crippen molar-refractivity contribution < 1.29 is 37.4 Å². The van der Waals surface area contributed by atoms with E-state index in [9.17, 15) is 9.59 Å². The molecule has 6 rings (SSSR count). The van der Waals surface area contributed by atoms with Crippen LogP contribution in [0.25, 0.3) is 0 Å². The Kier molecular flexibility index (Phi) is 19.1. The number of carbonyl (C=O) groups excluding carboxylic acids is 2. The smallest absolute Gasteiger partial charge is 0.345 e. The molecule has 0 spiro atoms. The molecule has 11 heteroatoms. The van der Waals surface area contributed by atoms with Gasteiger partial charge in [0.1, 0.15) is 18.5 Å². The Labute approximate surface area is 429 Å². The molecule has 0 heterocycles. The lowest BCUT2D eigenvalue weighted by Crippen LogP contribution is -2.66. The SMILES string of the molecule is C=CCOC(=O)/C(Br)=C\[C@H]1[C@@H]2C[C@@H](C)[C@@H](OCc3ccc(OC)cc3)[C@@H]2C=C[C@H]1C[C@@H](C[C@@H](CCO[Si](c1ccccc1)(c1ccccc1)C(C)(C)C)OC(=O)c1ccccc1)O[Si](C)(C)C(C)(C)C. The number of esters is 2. The second kappa shape index (κ2) is 24.4. The highest BCUT2D eigenvalue weighted by molar-refractivity contribution is 9.12. The molecule has 0 radical (unpaired) electrons. The summed E-state index contributed by atoms with van der Waals surface area (Å²) in [7, 11) is -3.63. The molecule has 0 aliphatic heterocycles. The molecule has 0 saturated heterocycles. The maximum Gasteiger partial charge on any atom is 0.345 e. The fourth-order valence-electron chi connectivity index (χ4n) is 10.3. The average molecular weight is 1050 g/mol. The standard InChI is InChI=1S/C59H77BrO8Si2/c1-12-35-64-57(62)54(60)40-52-45(30-33-51-53(52)37-42(2)55(51)65-41-43-28-31-46(63-9)32-29-43)38-48(68-69(10,11)58(3,4)5)39-47(67-56(61)44-22-16-13-17-23-44)34-36-66-70(59(6,7)8,49-24-18-14-19-25-49)50-26-20-15-21-27-50/h12-33,40,42,45,47-48,51-53,55H,1,34-39,41H2,2-11H3/b54-40+/t42-,45+,47-,48+,51-,52-,53-,55-/m1/s1. The van der Waals surface area contributed by atoms with Crippen LogP contribution in [0.4, 0.5) is 0 Å². The van der Waals surface area contributed by atoms with Crippen molar-refractivity contribution in [3.63, 3.8) is 0 Å². The summed E-state index contributed by atoms with van der Waals surface area (Å²) in [6.45, 7) is 25.2. The number of ether oxygens (including phenoxy) is 4. The molecule has 0 unspecified atom stereocenters. The van der Waals surface area contributed by atoms with Gasteiger partial charge >= 0.3 is 11.9 Å². The minimum absolute atomic E-state index is 0.0108. The average Bonchev–Trinajstić information content (AvgIpc) is 3.66. The number of methoxy groups -OCH3 is 1. The number of carbonyl (C=O) groups is 2. The first-order chi connectivity index (χ1) is 33.3. The molecule has 70 heavy (non-hydrogen) atoms. The zero-order valence-corrected chi connectivity index (χ0v) is 46.8. The zero-order chi connectivity index (χ0) is 50.7. The van der Waals surface area contributed by atoms with Crippen molar-refractivity contribution in [2.24, 2.45) is 29.6 Å². The summed E-state index contributed by atoms with van der Waals surface area (Å²) in [6.07, 6.45) is 10.0. The molecular weight excluding hydrogens is 973 g/mol. The van der Waals surface area contributed by atoms with E-state index in [2.05, 4.69) is 175 Å². The van der Waals surface area contributed by atoms with Crippen LogP contribution in [0.5, 0.6) is 5.75 Å². The van der Waals surface area contributed by atoms with Crippen molar-refractivity contribution in [3.8, 4) is 5.75 Å². The maximum absolute atomic E-state index is 14.1. The number of rotatable bonds is 22. The third-order valence-corrected chi connectivity index (χ3v) is 25.1. The van der Waals surface area contributed by atoms with Gasteiger partial charge in [-0.05, 0) is 116 Å². The highest BCUT2D eigenvalue weighted by atomic mass is 79.9. The first-order valence-corrected chi connectivity index (χ1v) is 30.7. The summed E-state index contributed by atoms with van der Waals surface area (Å²) in [5.41, 5.74) is 1.59. The second-order valence-electron chi connectivity index (χ2n) is 21.8. The molecule has 8 nitrogen and oxygen atoms in total. The molecule has 4 aromatic rings. The summed E-state index contributed by atoms with van der Waals surface area (Å²) in [5.74, 6) is 0.548. The highest BCUT2D eigenvalue weighted by Crippen LogP contribution is 2.51. The minimum atomic E-state index is -2.90. The fraction of sp³-hybridized carbons (Fsp3) is 0.458. The fourth-order valence-corrected chi connectivity index (χ4v) is 16.7. The molecule has 0 N–H and O–H groups in total. The summed E-state index contributed by atoms with van der Waals surface area (Å²) in [4.78, 5) is 27.5. The van der Waals surface area contributed by atoms with Crippen molar-refractivity contribution in [2.45, 2.75) is 122 Å². The van der Waals surface area contributed by atoms with Gasteiger partial charge in [0.25, 0.3) is 8.32 Å². The molecular formula is C59H77BrO8Si2. The second-order valence-corrected chi connectivity index (χ2v) is 31.7. The van der Waals surface area contributed by atoms with Gasteiger partial charge in [0.05, 0.1) is 29.9 Å². The van der Waals surface area contributed by atoms with Crippen molar-refractivity contribution in [2.75, 3.05) is 20.3 Å². The first-order valence-electron chi connectivity index (χ1n) is 25.0. The lowest BCUT2D eigenvalue weighted by Gasteiger charge is -2.44. The number of hydrogen-bond donors (Lipinski definition) is 0. The molecule has 376 valence electrons. The molecule has 2 aliphatic rings. The van der Waals surface area contributed by atoms with Crippen LogP contribution in [-0.4, -0.2) is 67.2 Å². The van der Waals surface area contributed by atoms with Crippen molar-refractivity contribution >= 4 is 54.9 Å². The van der Waals surface area contributed by atoms with Gasteiger partial charge in [-0.2, -0.15) is 0 Å². The molecule has 2 aliphatic carbocycles. The van der Waals surface area contributed by atoms with Crippen LogP contribution in [0.3, 0.4) is 0 Å². The van der Waals surface area contributed by atoms with Crippen LogP contribution in [0.1, 0.15) is 90.1 Å². The number of hydrogen-bond acceptors (Lipinski definition) is 8. The van der Waals surface area contributed by atoms with E-state index in [-0.39, 0.29) is 64.5 Å². The number of benzene rings is 4. The summed E-state index contributed by atoms with van der Waals surface area (Å²) in [6, 6.07) is 38.5. The predicted molar refractivity (Wildman–Crippen MR) is 292 cm³/mol. The molecule has 4 aromatic carbocycles. The van der Waals surface area contributed by atoms with E-state index in [0.717, 1.165) is 17.7 Å². The van der Waals surface area contributed by atoms with E-state index in [1.165, 1.54) is 10.4 Å². The quantitative estimate of drug-likeness (QED) is 0.0333. The van der Waals surface area contributed by atoms with Crippen LogP contribution in [0.15, 0.2) is 151 Å². The summed E-state index contributed by atoms with van der Waals surface area (Å²) >= 11 is 3.65. The summed E-state index contributed by atoms with van der Waals surface area (Å²) in [5, 5.41) is 2.08. The van der Waals surface area contributed by atoms with Gasteiger partial charge in [-0.25, -0.2) is 9.59 Å². The lowest BCUT2D eigenvalue weighted by molar-refractivity contribution is -0.136. The van der Waals surface area contributed by atoms with Gasteiger partial charge in [0.15, 0.2) is 8.32 Å². The van der Waals surface area contributed by atoms with Crippen LogP contribution in [0, 0.1) is 29.6 Å². The monoisotopic (exact) mass is 1050 g/mol. The van der Waals surface area contributed by atoms with Gasteiger partial charge < -0.3 is 27.8 Å². The minimum Gasteiger partial charge on any atom is -0.497 e. The van der Waals surface area contributed by atoms with Gasteiger partial charge in [-0.1, -0.05) is 170 Å². The Morgan fingerprint density at radius 2 is 1.41 bits per heavy atom. The molecule has 0 amide bonds. The van der Waals surface area contributed by atoms with Crippen molar-refractivity contribution in [3.05, 3.63) is 162 Å². The molecule has 1 saturated carbocycles. The third kappa shape index (κ3) is 13.6. The van der Waals surface area contributed by atoms with Gasteiger partial charge in [-0.15, -0.1) is 0 Å². The lowest BCUT2D eigenvalue weighted by atomic mass is 9.69. The highest BCUT2D eigenvalue weighted by Gasteiger charge is 2.51. The first kappa shape index (κ1) is 55.0. The van der Waals surface area contributed by atoms with E-state index in [0.29, 0.717) is 42.5 Å². The van der Waals surface area contributed by atoms with Gasteiger partial charge in [0, 0.05) is 31.5 Å². The van der Waals surface area contributed by atoms with Crippen LogP contribution < -0.4 is 15.1 Å². The topological polar surface area (TPSA) is 89.5 Å². The number of halogens is 1. The Morgan fingerprint density at radius 1 is 0.814 bits per heavy atom. The molecule has 0 bridgehead atoms. The Balaban J connectivity index is 1.36. The summed E-state index contributed by atoms with van der Waals surface area (Å²) < 4.78 is 39.6. The van der Waals surface area contributed by atoms with Gasteiger partial charge in [0.2, 0.25) is 0 Å². The van der Waals surface area contributed by atoms with E-state index >= 15 is 0 Å². The van der Waals surface area contributed by atoms with Crippen molar-refractivity contribution in [1.29, 1.82) is 0 Å². The Morgan fingerprint density at radius 3 is 1.97 bits per heavy atom. The molecule has 1 fully saturated rings. The van der Waals surface area contributed by atoms with Gasteiger partial charge in [-0.3, -0.25) is 0 Å². The Hall–Kier alpha value is -4.37. The van der Waals surface area contributed by atoms with E-state index in [1.807, 2.05) is 30.3 Å². The predicted octanol–water partition coefficient (Wildman–Crippen LogP) is 13.0. The number of allylic oxidation sites excluding steroid dienone is 2. The third-order valence-electron chi connectivity index (χ3n) is 14.9. The zero-order valence-electron chi connectivity index (χ0n) is 43.2. The molecule has 8 atom stereocenters. The van der Waals surface area contributed by atoms with E-state index in [1.54, 1.807) is 25.3 Å². The number of fused-ring (bicyclic) bond motifs is 1. The normalized spacial score (nSPS) is 21.6. The largest absolute Gasteiger partial charge is 0.497 e. The van der Waals surface area contributed by atoms with Crippen molar-refractivity contribution in [1.82, 2.24) is 0 Å². The van der Waals surface area contributed by atoms with E-state index < -0.39 is 28.7 Å². The molecule has 0 aromatic heterocycles. The van der Waals surface area contributed by atoms with Crippen LogP contribution in [0.2, 0.25) is 23.2 Å². The van der Waals surface area contributed by atoms with Crippen LogP contribution >= 0.6 is 15.9 Å². The Bertz CT molecular complexity index is 2320.